The van der Waals surface area contributed by atoms with E-state index in [4.69, 9.17) is 14.5 Å². The van der Waals surface area contributed by atoms with E-state index < -0.39 is 6.04 Å². The highest BCUT2D eigenvalue weighted by Gasteiger charge is 2.33. The number of fused-ring (bicyclic) bond motifs is 1. The smallest absolute Gasteiger partial charge is 0.151 e. The Hall–Kier alpha value is -2.35. The van der Waals surface area contributed by atoms with Gasteiger partial charge >= 0.3 is 0 Å². The lowest BCUT2D eigenvalue weighted by Crippen LogP contribution is -2.32. The normalized spacial score (nSPS) is 22.3. The minimum absolute atomic E-state index is 0.0636. The Labute approximate surface area is 226 Å². The Morgan fingerprint density at radius 1 is 1.24 bits per heavy atom. The number of hydrogen-bond donors (Lipinski definition) is 1. The number of benzene rings is 1. The topological polar surface area (TPSA) is 63.7 Å². The minimum atomic E-state index is -0.419. The number of hydrogen-bond acceptors (Lipinski definition) is 6. The van der Waals surface area contributed by atoms with Gasteiger partial charge in [0.1, 0.15) is 11.6 Å². The second-order valence-electron chi connectivity index (χ2n) is 11.2. The summed E-state index contributed by atoms with van der Waals surface area (Å²) in [7, 11) is 0. The van der Waals surface area contributed by atoms with Crippen LogP contribution in [0.2, 0.25) is 0 Å². The van der Waals surface area contributed by atoms with Crippen LogP contribution < -0.4 is 5.32 Å². The molecule has 0 spiro atoms. The SMILES string of the molecule is CC(=O)C(c1cc(F)ccc1CO[C@@H]1CCOC1)N1CC[C@@H](CCCCCc2ccc3c(n2)NCCC3)C1. The molecular weight excluding hydrogens is 481 g/mol. The molecule has 1 unspecified atom stereocenters. The van der Waals surface area contributed by atoms with Crippen LogP contribution in [0.5, 0.6) is 0 Å². The molecule has 0 bridgehead atoms. The summed E-state index contributed by atoms with van der Waals surface area (Å²) in [5.74, 6) is 1.42. The molecule has 1 aromatic carbocycles. The number of carbonyl (C=O) groups excluding carboxylic acids is 1. The highest BCUT2D eigenvalue weighted by molar-refractivity contribution is 5.83. The van der Waals surface area contributed by atoms with Crippen molar-refractivity contribution in [1.82, 2.24) is 9.88 Å². The zero-order chi connectivity index (χ0) is 26.3. The zero-order valence-corrected chi connectivity index (χ0v) is 22.7. The zero-order valence-electron chi connectivity index (χ0n) is 22.7. The number of nitrogens with one attached hydrogen (secondary N) is 1. The number of nitrogens with zero attached hydrogens (tertiary/aromatic N) is 2. The molecule has 6 nitrogen and oxygen atoms in total. The average Bonchev–Trinajstić information content (AvgIpc) is 3.60. The molecule has 4 heterocycles. The van der Waals surface area contributed by atoms with E-state index >= 15 is 0 Å². The molecule has 2 saturated heterocycles. The van der Waals surface area contributed by atoms with E-state index in [9.17, 15) is 9.18 Å². The summed E-state index contributed by atoms with van der Waals surface area (Å²) in [4.78, 5) is 19.9. The molecule has 1 N–H and O–H groups in total. The van der Waals surface area contributed by atoms with Crippen molar-refractivity contribution in [3.8, 4) is 0 Å². The van der Waals surface area contributed by atoms with Crippen molar-refractivity contribution >= 4 is 11.6 Å². The number of aromatic nitrogens is 1. The van der Waals surface area contributed by atoms with Gasteiger partial charge in [-0.1, -0.05) is 25.0 Å². The molecule has 2 fully saturated rings. The summed E-state index contributed by atoms with van der Waals surface area (Å²) >= 11 is 0. The summed E-state index contributed by atoms with van der Waals surface area (Å²) in [5, 5.41) is 3.43. The Balaban J connectivity index is 1.11. The van der Waals surface area contributed by atoms with E-state index in [1.54, 1.807) is 13.0 Å². The number of carbonyl (C=O) groups is 1. The van der Waals surface area contributed by atoms with Gasteiger partial charge in [-0.2, -0.15) is 0 Å². The Morgan fingerprint density at radius 3 is 3.00 bits per heavy atom. The monoisotopic (exact) mass is 523 g/mol. The summed E-state index contributed by atoms with van der Waals surface area (Å²) in [5.41, 5.74) is 4.18. The predicted octanol–water partition coefficient (Wildman–Crippen LogP) is 5.64. The maximum Gasteiger partial charge on any atom is 0.151 e. The molecule has 5 rings (SSSR count). The molecule has 3 aliphatic rings. The van der Waals surface area contributed by atoms with Crippen molar-refractivity contribution in [2.24, 2.45) is 5.92 Å². The van der Waals surface area contributed by atoms with Gasteiger partial charge in [-0.05, 0) is 99.2 Å². The Bertz CT molecular complexity index is 1090. The number of Topliss-reactive ketones (excluding diaryl/α,β-unsaturated/α-hetero) is 1. The van der Waals surface area contributed by atoms with E-state index in [0.717, 1.165) is 68.7 Å². The fourth-order valence-corrected chi connectivity index (χ4v) is 6.23. The number of aryl methyl sites for hydroxylation is 2. The quantitative estimate of drug-likeness (QED) is 0.363. The van der Waals surface area contributed by atoms with Crippen molar-refractivity contribution in [2.75, 3.05) is 38.2 Å². The van der Waals surface area contributed by atoms with Crippen LogP contribution in [-0.2, 0) is 33.7 Å². The number of halogens is 1. The first-order chi connectivity index (χ1) is 18.6. The lowest BCUT2D eigenvalue weighted by Gasteiger charge is -2.28. The molecule has 3 aliphatic heterocycles. The van der Waals surface area contributed by atoms with Crippen LogP contribution in [0.1, 0.15) is 80.3 Å². The van der Waals surface area contributed by atoms with E-state index in [1.165, 1.54) is 49.1 Å². The van der Waals surface area contributed by atoms with Crippen LogP contribution in [0, 0.1) is 11.7 Å². The first-order valence-corrected chi connectivity index (χ1v) is 14.5. The van der Waals surface area contributed by atoms with E-state index in [-0.39, 0.29) is 17.7 Å². The standard InChI is InChI=1S/C31H42FN3O3/c1-22(36)30(29-18-26(32)11-9-25(29)20-38-28-14-17-37-21-28)35-16-13-23(19-35)6-3-2-4-8-27-12-10-24-7-5-15-33-31(24)34-27/h9-12,18,23,28,30H,2-8,13-17,19-21H2,1H3,(H,33,34)/t23-,28-,30?/m1/s1. The second kappa shape index (κ2) is 13.1. The van der Waals surface area contributed by atoms with Crippen LogP contribution in [0.15, 0.2) is 30.3 Å². The molecule has 0 saturated carbocycles. The molecule has 0 amide bonds. The molecule has 3 atom stereocenters. The molecule has 0 aliphatic carbocycles. The first kappa shape index (κ1) is 27.2. The molecule has 38 heavy (non-hydrogen) atoms. The number of anilines is 1. The number of pyridine rings is 1. The van der Waals surface area contributed by atoms with Gasteiger partial charge in [0.2, 0.25) is 0 Å². The maximum atomic E-state index is 14.3. The van der Waals surface area contributed by atoms with E-state index in [0.29, 0.717) is 25.7 Å². The third-order valence-electron chi connectivity index (χ3n) is 8.33. The van der Waals surface area contributed by atoms with Gasteiger partial charge in [0.25, 0.3) is 0 Å². The van der Waals surface area contributed by atoms with Crippen molar-refractivity contribution < 1.29 is 18.7 Å². The van der Waals surface area contributed by atoms with Gasteiger partial charge < -0.3 is 14.8 Å². The minimum Gasteiger partial charge on any atom is -0.379 e. The van der Waals surface area contributed by atoms with Gasteiger partial charge in [-0.3, -0.25) is 9.69 Å². The lowest BCUT2D eigenvalue weighted by atomic mass is 9.96. The number of unbranched alkanes of at least 4 members (excludes halogenated alkanes) is 2. The highest BCUT2D eigenvalue weighted by Crippen LogP contribution is 2.33. The first-order valence-electron chi connectivity index (χ1n) is 14.5. The summed E-state index contributed by atoms with van der Waals surface area (Å²) in [6.45, 7) is 6.10. The van der Waals surface area contributed by atoms with Crippen molar-refractivity contribution in [3.05, 3.63) is 58.5 Å². The maximum absolute atomic E-state index is 14.3. The molecule has 2 aromatic rings. The molecular formula is C31H42FN3O3. The number of likely N-dealkylation sites (tertiary alicyclic amines) is 1. The Morgan fingerprint density at radius 2 is 2.16 bits per heavy atom. The average molecular weight is 524 g/mol. The van der Waals surface area contributed by atoms with Crippen molar-refractivity contribution in [3.63, 3.8) is 0 Å². The van der Waals surface area contributed by atoms with Crippen LogP contribution in [0.4, 0.5) is 10.2 Å². The van der Waals surface area contributed by atoms with Crippen molar-refractivity contribution in [2.45, 2.75) is 83.5 Å². The molecule has 0 radical (unpaired) electrons. The van der Waals surface area contributed by atoms with Crippen molar-refractivity contribution in [1.29, 1.82) is 0 Å². The lowest BCUT2D eigenvalue weighted by molar-refractivity contribution is -0.122. The summed E-state index contributed by atoms with van der Waals surface area (Å²) in [6, 6.07) is 8.79. The third kappa shape index (κ3) is 6.99. The Kier molecular flexibility index (Phi) is 9.41. The fourth-order valence-electron chi connectivity index (χ4n) is 6.23. The van der Waals surface area contributed by atoms with Gasteiger partial charge in [0.15, 0.2) is 5.78 Å². The fraction of sp³-hybridized carbons (Fsp3) is 0.613. The van der Waals surface area contributed by atoms with Crippen LogP contribution in [-0.4, -0.2) is 54.6 Å². The predicted molar refractivity (Wildman–Crippen MR) is 147 cm³/mol. The van der Waals surface area contributed by atoms with Crippen LogP contribution >= 0.6 is 0 Å². The summed E-state index contributed by atoms with van der Waals surface area (Å²) in [6.07, 6.45) is 10.1. The number of ether oxygens (including phenoxy) is 2. The van der Waals surface area contributed by atoms with Gasteiger partial charge in [0.05, 0.1) is 25.4 Å². The van der Waals surface area contributed by atoms with Gasteiger partial charge in [0, 0.05) is 25.4 Å². The van der Waals surface area contributed by atoms with E-state index in [2.05, 4.69) is 22.3 Å². The van der Waals surface area contributed by atoms with Gasteiger partial charge in [-0.25, -0.2) is 9.37 Å². The number of rotatable bonds is 12. The van der Waals surface area contributed by atoms with E-state index in [1.807, 2.05) is 0 Å². The second-order valence-corrected chi connectivity index (χ2v) is 11.2. The molecule has 206 valence electrons. The van der Waals surface area contributed by atoms with Crippen LogP contribution in [0.25, 0.3) is 0 Å². The summed E-state index contributed by atoms with van der Waals surface area (Å²) < 4.78 is 25.8. The molecule has 7 heteroatoms. The number of ketones is 1. The third-order valence-corrected chi connectivity index (χ3v) is 8.33. The largest absolute Gasteiger partial charge is 0.379 e. The van der Waals surface area contributed by atoms with Gasteiger partial charge in [-0.15, -0.1) is 0 Å². The molecule has 1 aromatic heterocycles. The highest BCUT2D eigenvalue weighted by atomic mass is 19.1. The van der Waals surface area contributed by atoms with Crippen LogP contribution in [0.3, 0.4) is 0 Å².